The number of rotatable bonds is 3. The quantitative estimate of drug-likeness (QED) is 0.674. The second-order valence-corrected chi connectivity index (χ2v) is 3.43. The van der Waals surface area contributed by atoms with E-state index < -0.39 is 0 Å². The summed E-state index contributed by atoms with van der Waals surface area (Å²) in [7, 11) is 1.41. The minimum atomic E-state index is -0.214. The molecule has 0 aliphatic heterocycles. The zero-order valence-electron chi connectivity index (χ0n) is 7.29. The monoisotopic (exact) mass is 184 g/mol. The molecule has 0 radical (unpaired) electrons. The summed E-state index contributed by atoms with van der Waals surface area (Å²) in [6, 6.07) is 1.99. The van der Waals surface area contributed by atoms with E-state index in [0.29, 0.717) is 0 Å². The fourth-order valence-electron chi connectivity index (χ4n) is 1.07. The molecule has 1 rings (SSSR count). The number of thiophene rings is 1. The van der Waals surface area contributed by atoms with Crippen molar-refractivity contribution in [2.75, 3.05) is 7.11 Å². The Hall–Kier alpha value is -0.830. The van der Waals surface area contributed by atoms with E-state index in [1.807, 2.05) is 11.4 Å². The van der Waals surface area contributed by atoms with Crippen LogP contribution in [0.2, 0.25) is 0 Å². The first-order valence-electron chi connectivity index (χ1n) is 3.94. The first-order valence-corrected chi connectivity index (χ1v) is 4.82. The van der Waals surface area contributed by atoms with Gasteiger partial charge in [0.05, 0.1) is 7.11 Å². The van der Waals surface area contributed by atoms with Crippen molar-refractivity contribution in [1.29, 1.82) is 0 Å². The highest BCUT2D eigenvalue weighted by molar-refractivity contribution is 7.12. The van der Waals surface area contributed by atoms with Gasteiger partial charge in [0.2, 0.25) is 0 Å². The predicted molar refractivity (Wildman–Crippen MR) is 49.7 cm³/mol. The number of carbonyl (C=O) groups excluding carboxylic acids is 1. The van der Waals surface area contributed by atoms with Gasteiger partial charge in [-0.3, -0.25) is 0 Å². The van der Waals surface area contributed by atoms with Crippen LogP contribution in [0, 0.1) is 0 Å². The molecule has 0 saturated heterocycles. The number of hydrogen-bond acceptors (Lipinski definition) is 3. The molecule has 2 nitrogen and oxygen atoms in total. The van der Waals surface area contributed by atoms with Gasteiger partial charge in [0.15, 0.2) is 0 Å². The molecule has 1 heterocycles. The number of methoxy groups -OCH3 is 1. The lowest BCUT2D eigenvalue weighted by Gasteiger charge is -1.98. The minimum Gasteiger partial charge on any atom is -0.465 e. The van der Waals surface area contributed by atoms with Gasteiger partial charge in [-0.15, -0.1) is 11.3 Å². The molecule has 0 aliphatic rings. The van der Waals surface area contributed by atoms with Gasteiger partial charge in [-0.05, 0) is 23.4 Å². The van der Waals surface area contributed by atoms with E-state index in [0.717, 1.165) is 23.3 Å². The highest BCUT2D eigenvalue weighted by atomic mass is 32.1. The number of ether oxygens (including phenoxy) is 1. The van der Waals surface area contributed by atoms with Crippen LogP contribution in [0.3, 0.4) is 0 Å². The van der Waals surface area contributed by atoms with Crippen LogP contribution in [-0.4, -0.2) is 13.1 Å². The highest BCUT2D eigenvalue weighted by Gasteiger charge is 2.11. The summed E-state index contributed by atoms with van der Waals surface area (Å²) in [5, 5.41) is 1.93. The van der Waals surface area contributed by atoms with Crippen LogP contribution in [0.5, 0.6) is 0 Å². The normalized spacial score (nSPS) is 9.83. The van der Waals surface area contributed by atoms with Crippen molar-refractivity contribution in [1.82, 2.24) is 0 Å². The van der Waals surface area contributed by atoms with Gasteiger partial charge in [0.1, 0.15) is 4.88 Å². The standard InChI is InChI=1S/C9H12O2S/c1-3-4-7-5-6-12-8(7)9(10)11-2/h5-6H,3-4H2,1-2H3. The summed E-state index contributed by atoms with van der Waals surface area (Å²) in [5.74, 6) is -0.214. The Kier molecular flexibility index (Phi) is 3.29. The third-order valence-electron chi connectivity index (χ3n) is 1.64. The average molecular weight is 184 g/mol. The summed E-state index contributed by atoms with van der Waals surface area (Å²) < 4.78 is 4.65. The molecule has 0 amide bonds. The Labute approximate surface area is 76.2 Å². The summed E-state index contributed by atoms with van der Waals surface area (Å²) in [6.07, 6.45) is 2.01. The van der Waals surface area contributed by atoms with Crippen LogP contribution in [-0.2, 0) is 11.2 Å². The Balaban J connectivity index is 2.83. The van der Waals surface area contributed by atoms with Crippen LogP contribution < -0.4 is 0 Å². The average Bonchev–Trinajstić information content (AvgIpc) is 2.52. The lowest BCUT2D eigenvalue weighted by Crippen LogP contribution is -2.01. The van der Waals surface area contributed by atoms with Crippen molar-refractivity contribution < 1.29 is 9.53 Å². The molecule has 0 saturated carbocycles. The van der Waals surface area contributed by atoms with E-state index in [1.54, 1.807) is 0 Å². The molecular formula is C9H12O2S. The number of aryl methyl sites for hydroxylation is 1. The molecule has 0 aromatic carbocycles. The topological polar surface area (TPSA) is 26.3 Å². The second-order valence-electron chi connectivity index (χ2n) is 2.52. The molecule has 66 valence electrons. The van der Waals surface area contributed by atoms with Crippen molar-refractivity contribution in [3.8, 4) is 0 Å². The van der Waals surface area contributed by atoms with Gasteiger partial charge in [-0.25, -0.2) is 4.79 Å². The molecule has 1 aromatic heterocycles. The van der Waals surface area contributed by atoms with E-state index in [-0.39, 0.29) is 5.97 Å². The van der Waals surface area contributed by atoms with Gasteiger partial charge in [-0.1, -0.05) is 13.3 Å². The second kappa shape index (κ2) is 4.26. The third-order valence-corrected chi connectivity index (χ3v) is 2.57. The van der Waals surface area contributed by atoms with Gasteiger partial charge < -0.3 is 4.74 Å². The minimum absolute atomic E-state index is 0.214. The maximum atomic E-state index is 11.2. The van der Waals surface area contributed by atoms with E-state index in [1.165, 1.54) is 18.4 Å². The van der Waals surface area contributed by atoms with E-state index >= 15 is 0 Å². The Morgan fingerprint density at radius 2 is 2.42 bits per heavy atom. The first kappa shape index (κ1) is 9.26. The van der Waals surface area contributed by atoms with Gasteiger partial charge >= 0.3 is 5.97 Å². The number of carbonyl (C=O) groups is 1. The molecular weight excluding hydrogens is 172 g/mol. The van der Waals surface area contributed by atoms with Crippen LogP contribution in [0.1, 0.15) is 28.6 Å². The zero-order valence-corrected chi connectivity index (χ0v) is 8.11. The van der Waals surface area contributed by atoms with Gasteiger partial charge in [-0.2, -0.15) is 0 Å². The molecule has 12 heavy (non-hydrogen) atoms. The van der Waals surface area contributed by atoms with E-state index in [4.69, 9.17) is 0 Å². The lowest BCUT2D eigenvalue weighted by atomic mass is 10.1. The summed E-state index contributed by atoms with van der Waals surface area (Å²) in [5.41, 5.74) is 1.11. The van der Waals surface area contributed by atoms with E-state index in [9.17, 15) is 4.79 Å². The zero-order chi connectivity index (χ0) is 8.97. The van der Waals surface area contributed by atoms with Crippen LogP contribution >= 0.6 is 11.3 Å². The summed E-state index contributed by atoms with van der Waals surface area (Å²) >= 11 is 1.45. The molecule has 1 aromatic rings. The molecule has 0 aliphatic carbocycles. The highest BCUT2D eigenvalue weighted by Crippen LogP contribution is 2.18. The first-order chi connectivity index (χ1) is 5.79. The fourth-order valence-corrected chi connectivity index (χ4v) is 1.94. The third kappa shape index (κ3) is 1.85. The Morgan fingerprint density at radius 3 is 3.00 bits per heavy atom. The van der Waals surface area contributed by atoms with Crippen molar-refractivity contribution in [2.24, 2.45) is 0 Å². The van der Waals surface area contributed by atoms with E-state index in [2.05, 4.69) is 11.7 Å². The maximum Gasteiger partial charge on any atom is 0.348 e. The smallest absolute Gasteiger partial charge is 0.348 e. The van der Waals surface area contributed by atoms with Crippen LogP contribution in [0.15, 0.2) is 11.4 Å². The Bertz CT molecular complexity index is 265. The van der Waals surface area contributed by atoms with Crippen molar-refractivity contribution in [2.45, 2.75) is 19.8 Å². The fraction of sp³-hybridized carbons (Fsp3) is 0.444. The molecule has 0 unspecified atom stereocenters. The van der Waals surface area contributed by atoms with Crippen molar-refractivity contribution in [3.05, 3.63) is 21.9 Å². The largest absolute Gasteiger partial charge is 0.465 e. The molecule has 0 atom stereocenters. The van der Waals surface area contributed by atoms with Gasteiger partial charge in [0, 0.05) is 0 Å². The Morgan fingerprint density at radius 1 is 1.67 bits per heavy atom. The summed E-state index contributed by atoms with van der Waals surface area (Å²) in [6.45, 7) is 2.10. The van der Waals surface area contributed by atoms with Crippen molar-refractivity contribution >= 4 is 17.3 Å². The molecule has 0 bridgehead atoms. The summed E-state index contributed by atoms with van der Waals surface area (Å²) in [4.78, 5) is 11.9. The number of hydrogen-bond donors (Lipinski definition) is 0. The predicted octanol–water partition coefficient (Wildman–Crippen LogP) is 2.49. The molecule has 3 heteroatoms. The SMILES string of the molecule is CCCc1ccsc1C(=O)OC. The van der Waals surface area contributed by atoms with Crippen molar-refractivity contribution in [3.63, 3.8) is 0 Å². The molecule has 0 N–H and O–H groups in total. The maximum absolute atomic E-state index is 11.2. The molecule has 0 spiro atoms. The van der Waals surface area contributed by atoms with Crippen LogP contribution in [0.25, 0.3) is 0 Å². The number of esters is 1. The lowest BCUT2D eigenvalue weighted by molar-refractivity contribution is 0.0605. The molecule has 0 fully saturated rings. The van der Waals surface area contributed by atoms with Gasteiger partial charge in [0.25, 0.3) is 0 Å². The van der Waals surface area contributed by atoms with Crippen LogP contribution in [0.4, 0.5) is 0 Å².